The van der Waals surface area contributed by atoms with Gasteiger partial charge < -0.3 is 14.6 Å². The first-order valence-corrected chi connectivity index (χ1v) is 10.5. The molecule has 0 aliphatic carbocycles. The van der Waals surface area contributed by atoms with Crippen LogP contribution in [-0.4, -0.2) is 39.0 Å². The first-order valence-electron chi connectivity index (χ1n) is 9.11. The van der Waals surface area contributed by atoms with Crippen LogP contribution in [-0.2, 0) is 10.0 Å². The van der Waals surface area contributed by atoms with Crippen molar-refractivity contribution in [1.82, 2.24) is 4.31 Å². The minimum atomic E-state index is -3.64. The van der Waals surface area contributed by atoms with Crippen molar-refractivity contribution in [3.05, 3.63) is 48.5 Å². The molecule has 152 valence electrons. The number of sulfonamides is 1. The van der Waals surface area contributed by atoms with Gasteiger partial charge in [0.25, 0.3) is 0 Å². The summed E-state index contributed by atoms with van der Waals surface area (Å²) >= 11 is 0. The molecular formula is C20H25N2O5S-. The first-order chi connectivity index (χ1) is 13.4. The molecule has 0 N–H and O–H groups in total. The third kappa shape index (κ3) is 4.63. The van der Waals surface area contributed by atoms with Gasteiger partial charge in [-0.25, -0.2) is 8.42 Å². The van der Waals surface area contributed by atoms with Gasteiger partial charge in [-0.15, -0.1) is 0 Å². The highest BCUT2D eigenvalue weighted by atomic mass is 32.2. The van der Waals surface area contributed by atoms with E-state index in [9.17, 15) is 18.3 Å². The number of anilines is 2. The number of amides is 1. The van der Waals surface area contributed by atoms with E-state index >= 15 is 0 Å². The molecule has 0 heterocycles. The minimum absolute atomic E-state index is 0.122. The lowest BCUT2D eigenvalue weighted by atomic mass is 10.2. The van der Waals surface area contributed by atoms with E-state index < -0.39 is 16.1 Å². The fraction of sp³-hybridized carbons (Fsp3) is 0.350. The fourth-order valence-corrected chi connectivity index (χ4v) is 4.55. The van der Waals surface area contributed by atoms with Gasteiger partial charge in [-0.1, -0.05) is 26.0 Å². The van der Waals surface area contributed by atoms with Gasteiger partial charge in [0.15, 0.2) is 0 Å². The molecule has 0 radical (unpaired) electrons. The summed E-state index contributed by atoms with van der Waals surface area (Å²) in [6.07, 6.45) is -0.0219. The van der Waals surface area contributed by atoms with Crippen LogP contribution in [0.5, 0.6) is 5.75 Å². The van der Waals surface area contributed by atoms with Crippen molar-refractivity contribution >= 4 is 27.5 Å². The molecule has 0 unspecified atom stereocenters. The second-order valence-corrected chi connectivity index (χ2v) is 8.11. The van der Waals surface area contributed by atoms with Gasteiger partial charge in [-0.3, -0.25) is 4.90 Å². The highest BCUT2D eigenvalue weighted by molar-refractivity contribution is 7.89. The van der Waals surface area contributed by atoms with E-state index in [1.807, 2.05) is 13.8 Å². The average Bonchev–Trinajstić information content (AvgIpc) is 2.68. The SMILES string of the molecule is CCCN(CCC)S(=O)(=O)c1ccc(N(C(=O)[O-])c2ccccc2OC)cc1. The molecule has 0 aliphatic heterocycles. The molecule has 7 nitrogen and oxygen atoms in total. The van der Waals surface area contributed by atoms with Crippen molar-refractivity contribution < 1.29 is 23.1 Å². The van der Waals surface area contributed by atoms with E-state index in [0.29, 0.717) is 37.4 Å². The molecule has 0 aromatic heterocycles. The van der Waals surface area contributed by atoms with Gasteiger partial charge in [0.1, 0.15) is 11.8 Å². The monoisotopic (exact) mass is 405 g/mol. The molecule has 0 aliphatic rings. The summed E-state index contributed by atoms with van der Waals surface area (Å²) in [6, 6.07) is 12.3. The maximum Gasteiger partial charge on any atom is 0.243 e. The van der Waals surface area contributed by atoms with Crippen molar-refractivity contribution in [3.8, 4) is 5.75 Å². The van der Waals surface area contributed by atoms with Crippen molar-refractivity contribution in [2.75, 3.05) is 25.1 Å². The zero-order chi connectivity index (χ0) is 20.7. The summed E-state index contributed by atoms with van der Waals surface area (Å²) in [5, 5.41) is 11.8. The molecule has 2 aromatic rings. The van der Waals surface area contributed by atoms with Crippen molar-refractivity contribution in [1.29, 1.82) is 0 Å². The molecule has 28 heavy (non-hydrogen) atoms. The number of methoxy groups -OCH3 is 1. The Kier molecular flexibility index (Phi) is 7.42. The fourth-order valence-electron chi connectivity index (χ4n) is 2.92. The Hall–Kier alpha value is -2.58. The van der Waals surface area contributed by atoms with Gasteiger partial charge in [0.05, 0.1) is 17.7 Å². The third-order valence-corrected chi connectivity index (χ3v) is 6.10. The second kappa shape index (κ2) is 9.57. The van der Waals surface area contributed by atoms with E-state index in [1.165, 1.54) is 35.7 Å². The molecule has 0 spiro atoms. The molecule has 0 saturated heterocycles. The standard InChI is InChI=1S/C20H26N2O5S/c1-4-14-21(15-5-2)28(25,26)17-12-10-16(11-13-17)22(20(23)24)18-8-6-7-9-19(18)27-3/h6-13H,4-5,14-15H2,1-3H3,(H,23,24)/p-1. The topological polar surface area (TPSA) is 90.0 Å². The highest BCUT2D eigenvalue weighted by Crippen LogP contribution is 2.34. The van der Waals surface area contributed by atoms with E-state index in [1.54, 1.807) is 24.3 Å². The lowest BCUT2D eigenvalue weighted by Gasteiger charge is -2.27. The predicted molar refractivity (Wildman–Crippen MR) is 106 cm³/mol. The zero-order valence-corrected chi connectivity index (χ0v) is 17.1. The molecule has 8 heteroatoms. The van der Waals surface area contributed by atoms with Gasteiger partial charge >= 0.3 is 0 Å². The van der Waals surface area contributed by atoms with Gasteiger partial charge in [-0.05, 0) is 49.2 Å². The number of hydrogen-bond donors (Lipinski definition) is 0. The maximum absolute atomic E-state index is 12.9. The van der Waals surface area contributed by atoms with Crippen LogP contribution >= 0.6 is 0 Å². The van der Waals surface area contributed by atoms with Crippen LogP contribution in [0.15, 0.2) is 53.4 Å². The van der Waals surface area contributed by atoms with Crippen LogP contribution in [0, 0.1) is 0 Å². The lowest BCUT2D eigenvalue weighted by Crippen LogP contribution is -2.38. The second-order valence-electron chi connectivity index (χ2n) is 6.17. The molecule has 0 atom stereocenters. The van der Waals surface area contributed by atoms with E-state index in [2.05, 4.69) is 0 Å². The Morgan fingerprint density at radius 2 is 1.57 bits per heavy atom. The van der Waals surface area contributed by atoms with E-state index in [-0.39, 0.29) is 10.6 Å². The number of benzene rings is 2. The Morgan fingerprint density at radius 1 is 1.00 bits per heavy atom. The zero-order valence-electron chi connectivity index (χ0n) is 16.3. The Bertz CT molecular complexity index is 891. The van der Waals surface area contributed by atoms with Crippen molar-refractivity contribution in [3.63, 3.8) is 0 Å². The number of para-hydroxylation sites is 2. The van der Waals surface area contributed by atoms with Crippen LogP contribution in [0.1, 0.15) is 26.7 Å². The van der Waals surface area contributed by atoms with Crippen molar-refractivity contribution in [2.45, 2.75) is 31.6 Å². The molecular weight excluding hydrogens is 380 g/mol. The summed E-state index contributed by atoms with van der Waals surface area (Å²) in [6.45, 7) is 4.72. The Morgan fingerprint density at radius 3 is 2.07 bits per heavy atom. The van der Waals surface area contributed by atoms with Gasteiger partial charge in [-0.2, -0.15) is 4.31 Å². The van der Waals surface area contributed by atoms with E-state index in [4.69, 9.17) is 4.74 Å². The Labute approximate surface area is 166 Å². The minimum Gasteiger partial charge on any atom is -0.529 e. The van der Waals surface area contributed by atoms with Crippen LogP contribution in [0.25, 0.3) is 0 Å². The number of nitrogens with zero attached hydrogens (tertiary/aromatic N) is 2. The van der Waals surface area contributed by atoms with Gasteiger partial charge in [0.2, 0.25) is 10.0 Å². The number of carbonyl (C=O) groups excluding carboxylic acids is 1. The quantitative estimate of drug-likeness (QED) is 0.640. The van der Waals surface area contributed by atoms with Crippen molar-refractivity contribution in [2.24, 2.45) is 0 Å². The number of carboxylic acid groups (broad SMARTS) is 1. The van der Waals surface area contributed by atoms with Crippen LogP contribution in [0.4, 0.5) is 16.2 Å². The highest BCUT2D eigenvalue weighted by Gasteiger charge is 2.23. The summed E-state index contributed by atoms with van der Waals surface area (Å²) in [5.41, 5.74) is 0.556. The molecule has 0 bridgehead atoms. The van der Waals surface area contributed by atoms with Crippen LogP contribution in [0.3, 0.4) is 0 Å². The van der Waals surface area contributed by atoms with Crippen LogP contribution in [0.2, 0.25) is 0 Å². The summed E-state index contributed by atoms with van der Waals surface area (Å²) in [4.78, 5) is 12.8. The lowest BCUT2D eigenvalue weighted by molar-refractivity contribution is -0.245. The third-order valence-electron chi connectivity index (χ3n) is 4.19. The molecule has 2 aromatic carbocycles. The average molecular weight is 405 g/mol. The predicted octanol–water partition coefficient (Wildman–Crippen LogP) is 2.99. The summed E-state index contributed by atoms with van der Waals surface area (Å²) in [7, 11) is -2.20. The normalized spacial score (nSPS) is 11.4. The number of hydrogen-bond acceptors (Lipinski definition) is 5. The maximum atomic E-state index is 12.9. The first kappa shape index (κ1) is 21.7. The van der Waals surface area contributed by atoms with Gasteiger partial charge in [0, 0.05) is 18.8 Å². The molecule has 1 amide bonds. The largest absolute Gasteiger partial charge is 0.529 e. The van der Waals surface area contributed by atoms with E-state index in [0.717, 1.165) is 4.90 Å². The molecule has 2 rings (SSSR count). The molecule has 0 fully saturated rings. The smallest absolute Gasteiger partial charge is 0.243 e. The number of carbonyl (C=O) groups is 1. The number of rotatable bonds is 9. The van der Waals surface area contributed by atoms with Crippen LogP contribution < -0.4 is 14.7 Å². The summed E-state index contributed by atoms with van der Waals surface area (Å²) < 4.78 is 32.4. The molecule has 0 saturated carbocycles. The summed E-state index contributed by atoms with van der Waals surface area (Å²) in [5.74, 6) is 0.362. The Balaban J connectivity index is 2.42. The number of ether oxygens (including phenoxy) is 1.